The summed E-state index contributed by atoms with van der Waals surface area (Å²) < 4.78 is 36.0. The molecule has 0 aromatic heterocycles. The molecule has 1 aromatic carbocycles. The molecule has 138 valence electrons. The first-order valence-electron chi connectivity index (χ1n) is 8.81. The molecule has 3 aliphatic rings. The zero-order chi connectivity index (χ0) is 17.7. The highest BCUT2D eigenvalue weighted by Gasteiger charge is 2.59. The number of ether oxygens (including phenoxy) is 6. The maximum atomic E-state index is 6.14. The van der Waals surface area contributed by atoms with Gasteiger partial charge in [0.05, 0.1) is 13.2 Å². The minimum absolute atomic E-state index is 0.203. The normalized spacial score (nSPS) is 38.8. The second kappa shape index (κ2) is 6.30. The van der Waals surface area contributed by atoms with Crippen molar-refractivity contribution in [2.45, 2.75) is 76.6 Å². The molecule has 0 bridgehead atoms. The average molecular weight is 350 g/mol. The van der Waals surface area contributed by atoms with Crippen LogP contribution in [0, 0.1) is 0 Å². The Hall–Kier alpha value is -1.02. The molecule has 0 N–H and O–H groups in total. The van der Waals surface area contributed by atoms with Gasteiger partial charge >= 0.3 is 0 Å². The zero-order valence-electron chi connectivity index (χ0n) is 15.1. The van der Waals surface area contributed by atoms with E-state index in [1.807, 2.05) is 58.0 Å². The molecule has 0 radical (unpaired) electrons. The molecule has 1 aromatic rings. The fraction of sp³-hybridized carbons (Fsp3) is 0.684. The molecule has 25 heavy (non-hydrogen) atoms. The van der Waals surface area contributed by atoms with Crippen LogP contribution in [-0.2, 0) is 35.0 Å². The summed E-state index contributed by atoms with van der Waals surface area (Å²) in [5.74, 6) is -1.28. The van der Waals surface area contributed by atoms with Gasteiger partial charge in [0.2, 0.25) is 0 Å². The summed E-state index contributed by atoms with van der Waals surface area (Å²) in [5.41, 5.74) is 1.09. The van der Waals surface area contributed by atoms with Gasteiger partial charge in [-0.25, -0.2) is 0 Å². The predicted octanol–water partition coefficient (Wildman–Crippen LogP) is 2.60. The van der Waals surface area contributed by atoms with E-state index in [1.165, 1.54) is 0 Å². The summed E-state index contributed by atoms with van der Waals surface area (Å²) in [6.07, 6.45) is -1.50. The Labute approximate surface area is 148 Å². The third kappa shape index (κ3) is 3.60. The van der Waals surface area contributed by atoms with Crippen molar-refractivity contribution in [3.05, 3.63) is 35.9 Å². The van der Waals surface area contributed by atoms with Gasteiger partial charge in [-0.15, -0.1) is 0 Å². The minimum Gasteiger partial charge on any atom is -0.348 e. The summed E-state index contributed by atoms with van der Waals surface area (Å²) in [6, 6.07) is 10.0. The van der Waals surface area contributed by atoms with Crippen LogP contribution in [0.2, 0.25) is 0 Å². The van der Waals surface area contributed by atoms with Gasteiger partial charge in [0, 0.05) is 0 Å². The molecule has 3 fully saturated rings. The van der Waals surface area contributed by atoms with Gasteiger partial charge < -0.3 is 28.4 Å². The van der Waals surface area contributed by atoms with Crippen molar-refractivity contribution >= 4 is 0 Å². The first kappa shape index (κ1) is 17.4. The zero-order valence-corrected chi connectivity index (χ0v) is 15.1. The Kier molecular flexibility index (Phi) is 4.38. The molecule has 0 saturated carbocycles. The predicted molar refractivity (Wildman–Crippen MR) is 88.6 cm³/mol. The van der Waals surface area contributed by atoms with E-state index in [4.69, 9.17) is 28.4 Å². The lowest BCUT2D eigenvalue weighted by Gasteiger charge is -2.27. The van der Waals surface area contributed by atoms with Gasteiger partial charge in [0.1, 0.15) is 24.4 Å². The number of hydrogen-bond acceptors (Lipinski definition) is 6. The van der Waals surface area contributed by atoms with Crippen LogP contribution in [0.25, 0.3) is 0 Å². The van der Waals surface area contributed by atoms with E-state index in [1.54, 1.807) is 0 Å². The van der Waals surface area contributed by atoms with E-state index in [-0.39, 0.29) is 24.4 Å². The van der Waals surface area contributed by atoms with Crippen LogP contribution in [0.3, 0.4) is 0 Å². The molecule has 3 aliphatic heterocycles. The fourth-order valence-corrected chi connectivity index (χ4v) is 3.65. The highest BCUT2D eigenvalue weighted by molar-refractivity contribution is 5.13. The third-order valence-electron chi connectivity index (χ3n) is 4.70. The molecule has 4 rings (SSSR count). The van der Waals surface area contributed by atoms with Gasteiger partial charge in [0.15, 0.2) is 17.9 Å². The molecule has 3 saturated heterocycles. The van der Waals surface area contributed by atoms with E-state index in [0.29, 0.717) is 13.2 Å². The van der Waals surface area contributed by atoms with Crippen molar-refractivity contribution in [2.24, 2.45) is 0 Å². The maximum absolute atomic E-state index is 6.14. The Morgan fingerprint density at radius 1 is 0.920 bits per heavy atom. The fourth-order valence-electron chi connectivity index (χ4n) is 3.65. The molecule has 6 nitrogen and oxygen atoms in total. The van der Waals surface area contributed by atoms with Crippen LogP contribution in [-0.4, -0.2) is 48.9 Å². The summed E-state index contributed by atoms with van der Waals surface area (Å²) in [7, 11) is 0. The molecule has 3 heterocycles. The molecule has 5 atom stereocenters. The van der Waals surface area contributed by atoms with Crippen molar-refractivity contribution in [3.8, 4) is 0 Å². The lowest BCUT2D eigenvalue weighted by atomic mass is 10.1. The van der Waals surface area contributed by atoms with Gasteiger partial charge in [-0.05, 0) is 33.3 Å². The molecule has 2 unspecified atom stereocenters. The van der Waals surface area contributed by atoms with Crippen LogP contribution < -0.4 is 0 Å². The van der Waals surface area contributed by atoms with Crippen molar-refractivity contribution in [1.29, 1.82) is 0 Å². The molecule has 0 spiro atoms. The van der Waals surface area contributed by atoms with E-state index in [0.717, 1.165) is 5.56 Å². The molecular weight excluding hydrogens is 324 g/mol. The second-order valence-corrected chi connectivity index (χ2v) is 7.70. The first-order chi connectivity index (χ1) is 11.8. The lowest BCUT2D eigenvalue weighted by Crippen LogP contribution is -2.40. The number of fused-ring (bicyclic) bond motifs is 1. The molecule has 0 amide bonds. The van der Waals surface area contributed by atoms with Crippen LogP contribution in [0.4, 0.5) is 0 Å². The summed E-state index contributed by atoms with van der Waals surface area (Å²) in [4.78, 5) is 0. The van der Waals surface area contributed by atoms with E-state index in [2.05, 4.69) is 0 Å². The van der Waals surface area contributed by atoms with Crippen molar-refractivity contribution in [2.75, 3.05) is 6.61 Å². The van der Waals surface area contributed by atoms with Crippen LogP contribution in [0.15, 0.2) is 30.3 Å². The van der Waals surface area contributed by atoms with E-state index < -0.39 is 17.9 Å². The monoisotopic (exact) mass is 350 g/mol. The first-order valence-corrected chi connectivity index (χ1v) is 8.81. The smallest absolute Gasteiger partial charge is 0.187 e. The Bertz CT molecular complexity index is 601. The van der Waals surface area contributed by atoms with Crippen molar-refractivity contribution in [3.63, 3.8) is 0 Å². The highest BCUT2D eigenvalue weighted by atomic mass is 16.8. The highest BCUT2D eigenvalue weighted by Crippen LogP contribution is 2.42. The third-order valence-corrected chi connectivity index (χ3v) is 4.70. The summed E-state index contributed by atoms with van der Waals surface area (Å²) in [6.45, 7) is 8.55. The van der Waals surface area contributed by atoms with E-state index in [9.17, 15) is 0 Å². The van der Waals surface area contributed by atoms with Crippen LogP contribution in [0.5, 0.6) is 0 Å². The SMILES string of the molecule is CC1(C)OCC([C@H]2O[C@@H](OCc3ccccc3)[C@@H]3OC(C)(C)OC23)O1. The molecular formula is C19H26O6. The Balaban J connectivity index is 1.47. The van der Waals surface area contributed by atoms with Crippen LogP contribution in [0.1, 0.15) is 33.3 Å². The number of rotatable bonds is 4. The van der Waals surface area contributed by atoms with Crippen molar-refractivity contribution in [1.82, 2.24) is 0 Å². The molecule has 6 heteroatoms. The number of hydrogen-bond donors (Lipinski definition) is 0. The number of benzene rings is 1. The minimum atomic E-state index is -0.666. The summed E-state index contributed by atoms with van der Waals surface area (Å²) in [5, 5.41) is 0. The van der Waals surface area contributed by atoms with Gasteiger partial charge in [-0.1, -0.05) is 30.3 Å². The second-order valence-electron chi connectivity index (χ2n) is 7.70. The summed E-state index contributed by atoms with van der Waals surface area (Å²) >= 11 is 0. The average Bonchev–Trinajstić information content (AvgIpc) is 3.17. The van der Waals surface area contributed by atoms with Gasteiger partial charge in [0.25, 0.3) is 0 Å². The van der Waals surface area contributed by atoms with Crippen molar-refractivity contribution < 1.29 is 28.4 Å². The van der Waals surface area contributed by atoms with E-state index >= 15 is 0 Å². The van der Waals surface area contributed by atoms with Gasteiger partial charge in [-0.2, -0.15) is 0 Å². The van der Waals surface area contributed by atoms with Gasteiger partial charge in [-0.3, -0.25) is 0 Å². The van der Waals surface area contributed by atoms with Crippen LogP contribution >= 0.6 is 0 Å². The quantitative estimate of drug-likeness (QED) is 0.832. The Morgan fingerprint density at radius 3 is 2.32 bits per heavy atom. The molecule has 0 aliphatic carbocycles. The lowest BCUT2D eigenvalue weighted by molar-refractivity contribution is -0.250. The maximum Gasteiger partial charge on any atom is 0.187 e. The topological polar surface area (TPSA) is 55.4 Å². The Morgan fingerprint density at radius 2 is 1.64 bits per heavy atom. The standard InChI is InChI=1S/C19H26O6/c1-18(2)21-11-13(23-18)14-15-16(25-19(3,4)24-15)17(22-14)20-10-12-8-6-5-7-9-12/h5-9,13-17H,10-11H2,1-4H3/t13?,14-,15?,16-,17-/m1/s1. The largest absolute Gasteiger partial charge is 0.348 e.